The Kier molecular flexibility index (Phi) is 11.8. The molecule has 4 rings (SSSR count). The van der Waals surface area contributed by atoms with Crippen LogP contribution in [0.25, 0.3) is 16.7 Å². The number of rotatable bonds is 9. The highest BCUT2D eigenvalue weighted by Crippen LogP contribution is 2.37. The lowest BCUT2D eigenvalue weighted by atomic mass is 9.98. The lowest BCUT2D eigenvalue weighted by molar-refractivity contribution is 0.0130. The molecule has 10 nitrogen and oxygen atoms in total. The van der Waals surface area contributed by atoms with Crippen molar-refractivity contribution in [1.29, 1.82) is 0 Å². The average molecular weight is 731 g/mol. The van der Waals surface area contributed by atoms with E-state index in [1.54, 1.807) is 4.90 Å². The molecule has 0 saturated carbocycles. The maximum Gasteiger partial charge on any atom is 0.410 e. The van der Waals surface area contributed by atoms with Crippen molar-refractivity contribution in [2.45, 2.75) is 137 Å². The number of piperazine rings is 1. The number of carbonyl (C=O) groups excluding carboxylic acids is 1. The highest BCUT2D eigenvalue weighted by atomic mass is 35.5. The normalized spacial score (nSPS) is 17.6. The third kappa shape index (κ3) is 8.50. The van der Waals surface area contributed by atoms with Crippen LogP contribution in [-0.4, -0.2) is 76.2 Å². The molecule has 4 heterocycles. The van der Waals surface area contributed by atoms with Crippen LogP contribution in [-0.2, 0) is 15.6 Å². The number of fused-ring (bicyclic) bond motifs is 1. The van der Waals surface area contributed by atoms with Crippen molar-refractivity contribution in [1.82, 2.24) is 24.4 Å². The Hall–Kier alpha value is -3.09. The van der Waals surface area contributed by atoms with Crippen molar-refractivity contribution < 1.29 is 18.3 Å². The van der Waals surface area contributed by atoms with E-state index in [9.17, 15) is 9.59 Å². The molecule has 0 aliphatic carbocycles. The summed E-state index contributed by atoms with van der Waals surface area (Å²) in [5.41, 5.74) is 2.20. The minimum atomic E-state index is -1.83. The lowest BCUT2D eigenvalue weighted by Gasteiger charge is -2.44. The van der Waals surface area contributed by atoms with Gasteiger partial charge in [0.1, 0.15) is 11.4 Å². The van der Waals surface area contributed by atoms with Crippen LogP contribution in [0.5, 0.6) is 0 Å². The summed E-state index contributed by atoms with van der Waals surface area (Å²) in [6.07, 6.45) is 4.04. The van der Waals surface area contributed by atoms with Gasteiger partial charge in [-0.05, 0) is 102 Å². The topological polar surface area (TPSA) is 103 Å². The quantitative estimate of drug-likeness (QED) is 0.123. The molecule has 0 aromatic carbocycles. The molecule has 1 aliphatic heterocycles. The summed E-state index contributed by atoms with van der Waals surface area (Å²) in [7, 11) is -1.83. The van der Waals surface area contributed by atoms with Crippen molar-refractivity contribution in [2.75, 3.05) is 24.6 Å². The Morgan fingerprint density at radius 2 is 1.74 bits per heavy atom. The van der Waals surface area contributed by atoms with Gasteiger partial charge in [0.15, 0.2) is 24.9 Å². The molecule has 0 bridgehead atoms. The molecule has 50 heavy (non-hydrogen) atoms. The van der Waals surface area contributed by atoms with E-state index >= 15 is 4.39 Å². The molecule has 3 aromatic rings. The predicted molar refractivity (Wildman–Crippen MR) is 202 cm³/mol. The highest BCUT2D eigenvalue weighted by Gasteiger charge is 2.38. The molecule has 2 atom stereocenters. The summed E-state index contributed by atoms with van der Waals surface area (Å²) < 4.78 is 28.7. The summed E-state index contributed by atoms with van der Waals surface area (Å²) >= 11 is 6.31. The van der Waals surface area contributed by atoms with Crippen LogP contribution in [0.2, 0.25) is 23.3 Å². The number of nitrogens with zero attached hydrogens (tertiary/aromatic N) is 6. The Labute approximate surface area is 302 Å². The van der Waals surface area contributed by atoms with Crippen molar-refractivity contribution in [3.8, 4) is 5.69 Å². The molecular formula is C37H56ClFN6O4Si. The van der Waals surface area contributed by atoms with Crippen LogP contribution in [0.4, 0.5) is 15.0 Å². The van der Waals surface area contributed by atoms with Crippen LogP contribution >= 0.6 is 11.6 Å². The van der Waals surface area contributed by atoms with Crippen molar-refractivity contribution in [3.63, 3.8) is 0 Å². The zero-order valence-electron chi connectivity index (χ0n) is 32.2. The van der Waals surface area contributed by atoms with E-state index in [2.05, 4.69) is 43.8 Å². The zero-order chi connectivity index (χ0) is 37.5. The fraction of sp³-hybridized carbons (Fsp3) is 0.649. The Morgan fingerprint density at radius 1 is 1.08 bits per heavy atom. The lowest BCUT2D eigenvalue weighted by Crippen LogP contribution is -2.59. The fourth-order valence-corrected chi connectivity index (χ4v) is 7.29. The summed E-state index contributed by atoms with van der Waals surface area (Å²) in [5.74, 6) is -0.453. The van der Waals surface area contributed by atoms with Gasteiger partial charge in [0, 0.05) is 38.0 Å². The fourth-order valence-electron chi connectivity index (χ4n) is 6.07. The minimum Gasteiger partial charge on any atom is -0.444 e. The molecule has 0 radical (unpaired) electrons. The van der Waals surface area contributed by atoms with E-state index in [0.717, 1.165) is 30.4 Å². The van der Waals surface area contributed by atoms with E-state index in [4.69, 9.17) is 25.7 Å². The Balaban J connectivity index is 1.75. The molecule has 1 fully saturated rings. The van der Waals surface area contributed by atoms with E-state index in [0.29, 0.717) is 42.3 Å². The zero-order valence-corrected chi connectivity index (χ0v) is 34.0. The summed E-state index contributed by atoms with van der Waals surface area (Å²) in [4.78, 5) is 44.8. The number of aryl methyl sites for hydroxylation is 1. The first kappa shape index (κ1) is 39.7. The number of anilines is 1. The van der Waals surface area contributed by atoms with Crippen molar-refractivity contribution >= 4 is 42.9 Å². The maximum atomic E-state index is 15.2. The van der Waals surface area contributed by atoms with E-state index in [1.165, 1.54) is 10.6 Å². The van der Waals surface area contributed by atoms with Gasteiger partial charge in [-0.3, -0.25) is 4.98 Å². The Bertz CT molecular complexity index is 1780. The second-order valence-electron chi connectivity index (χ2n) is 16.5. The monoisotopic (exact) mass is 730 g/mol. The first-order chi connectivity index (χ1) is 23.0. The number of halogens is 2. The average Bonchev–Trinajstić information content (AvgIpc) is 2.98. The van der Waals surface area contributed by atoms with E-state index in [1.807, 2.05) is 66.5 Å². The van der Waals surface area contributed by atoms with Crippen LogP contribution < -0.4 is 10.6 Å². The molecule has 1 aliphatic rings. The standard InChI is InChI=1S/C37H56ClFN6O4Si/c1-22(2)29-30(25(5)26(19-40-29)16-14-15-17-48-50(12,13)37(9,10)11)45-33-27(18-28(39)31(38)41-33)32(42-34(45)46)43-20-24(4)44(21-23(43)3)35(47)49-36(6,7)8/h18-19,22-24H,14-17,20-21H2,1-13H3/t23-,24+/m0/s1. The second kappa shape index (κ2) is 14.9. The van der Waals surface area contributed by atoms with Gasteiger partial charge in [-0.25, -0.2) is 23.5 Å². The molecule has 0 N–H and O–H groups in total. The summed E-state index contributed by atoms with van der Waals surface area (Å²) in [5, 5.41) is 0.159. The minimum absolute atomic E-state index is 0.0323. The van der Waals surface area contributed by atoms with E-state index in [-0.39, 0.29) is 33.8 Å². The third-order valence-electron chi connectivity index (χ3n) is 9.96. The number of pyridine rings is 2. The SMILES string of the molecule is Cc1c(CCCCO[Si](C)(C)C(C)(C)C)cnc(C(C)C)c1-n1c(=O)nc(N2C[C@@H](C)N(C(=O)OC(C)(C)C)C[C@@H]2C)c2cc(F)c(Cl)nc21. The van der Waals surface area contributed by atoms with Crippen molar-refractivity contribution in [2.24, 2.45) is 0 Å². The molecule has 0 spiro atoms. The third-order valence-corrected chi connectivity index (χ3v) is 14.8. The maximum absolute atomic E-state index is 15.2. The molecule has 13 heteroatoms. The molecule has 3 aromatic heterocycles. The largest absolute Gasteiger partial charge is 0.444 e. The molecular weight excluding hydrogens is 675 g/mol. The number of hydrogen-bond acceptors (Lipinski definition) is 8. The first-order valence-corrected chi connectivity index (χ1v) is 21.0. The van der Waals surface area contributed by atoms with Crippen LogP contribution in [0, 0.1) is 12.7 Å². The van der Waals surface area contributed by atoms with Crippen LogP contribution in [0.1, 0.15) is 105 Å². The number of ether oxygens (including phenoxy) is 1. The smallest absolute Gasteiger partial charge is 0.410 e. The van der Waals surface area contributed by atoms with Gasteiger partial charge in [0.2, 0.25) is 0 Å². The number of aromatic nitrogens is 4. The van der Waals surface area contributed by atoms with E-state index < -0.39 is 31.5 Å². The van der Waals surface area contributed by atoms with Gasteiger partial charge >= 0.3 is 11.8 Å². The van der Waals surface area contributed by atoms with Crippen LogP contribution in [0.3, 0.4) is 0 Å². The number of hydrogen-bond donors (Lipinski definition) is 0. The predicted octanol–water partition coefficient (Wildman–Crippen LogP) is 8.58. The van der Waals surface area contributed by atoms with Crippen LogP contribution in [0.15, 0.2) is 17.1 Å². The van der Waals surface area contributed by atoms with Gasteiger partial charge in [-0.15, -0.1) is 0 Å². The van der Waals surface area contributed by atoms with Crippen molar-refractivity contribution in [3.05, 3.63) is 50.5 Å². The summed E-state index contributed by atoms with van der Waals surface area (Å²) in [6, 6.07) is 0.764. The van der Waals surface area contributed by atoms with Gasteiger partial charge < -0.3 is 19.0 Å². The van der Waals surface area contributed by atoms with Gasteiger partial charge in [-0.2, -0.15) is 4.98 Å². The molecule has 1 amide bonds. The number of carbonyl (C=O) groups is 1. The van der Waals surface area contributed by atoms with Gasteiger partial charge in [0.25, 0.3) is 0 Å². The Morgan fingerprint density at radius 3 is 2.34 bits per heavy atom. The van der Waals surface area contributed by atoms with Gasteiger partial charge in [-0.1, -0.05) is 46.2 Å². The molecule has 0 unspecified atom stereocenters. The summed E-state index contributed by atoms with van der Waals surface area (Å²) in [6.45, 7) is 28.0. The molecule has 1 saturated heterocycles. The first-order valence-electron chi connectivity index (χ1n) is 17.7. The highest BCUT2D eigenvalue weighted by molar-refractivity contribution is 6.74. The molecule has 276 valence electrons. The second-order valence-corrected chi connectivity index (χ2v) is 21.7. The number of amides is 1. The van der Waals surface area contributed by atoms with Gasteiger partial charge in [0.05, 0.1) is 16.8 Å². The number of unbranched alkanes of at least 4 members (excludes halogenated alkanes) is 1.